The Bertz CT molecular complexity index is 694. The van der Waals surface area contributed by atoms with Crippen molar-refractivity contribution in [3.05, 3.63) is 42.0 Å². The summed E-state index contributed by atoms with van der Waals surface area (Å²) in [4.78, 5) is 0. The molecule has 4 aliphatic carbocycles. The van der Waals surface area contributed by atoms with Crippen molar-refractivity contribution in [3.63, 3.8) is 0 Å². The van der Waals surface area contributed by atoms with E-state index >= 15 is 0 Å². The quantitative estimate of drug-likeness (QED) is 0.728. The van der Waals surface area contributed by atoms with E-state index < -0.39 is 0 Å². The van der Waals surface area contributed by atoms with E-state index in [1.165, 1.54) is 49.3 Å². The molecule has 0 aromatic heterocycles. The molecule has 4 fully saturated rings. The van der Waals surface area contributed by atoms with Gasteiger partial charge in [0.1, 0.15) is 5.75 Å². The molecule has 2 aromatic carbocycles. The van der Waals surface area contributed by atoms with Crippen LogP contribution in [0.4, 0.5) is 0 Å². The number of rotatable bonds is 2. The molecule has 0 atom stereocenters. The second-order valence-corrected chi connectivity index (χ2v) is 8.06. The number of hydrogen-bond acceptors (Lipinski definition) is 1. The molecule has 1 heteroatoms. The molecule has 114 valence electrons. The van der Waals surface area contributed by atoms with Gasteiger partial charge in [-0.1, -0.05) is 30.3 Å². The first kappa shape index (κ1) is 13.0. The fourth-order valence-electron chi connectivity index (χ4n) is 6.35. The standard InChI is InChI=1S/C21H24O/c1-22-20-7-6-19(17-4-2-3-5-18(17)20)21-11-14-8-15(12-21)10-16(9-14)13-21/h2-7,14-16H,8-13H2,1H3. The first-order valence-electron chi connectivity index (χ1n) is 8.84. The third kappa shape index (κ3) is 1.71. The third-order valence-electron chi connectivity index (χ3n) is 6.71. The van der Waals surface area contributed by atoms with E-state index in [0.717, 1.165) is 23.5 Å². The Morgan fingerprint density at radius 1 is 0.818 bits per heavy atom. The average molecular weight is 292 g/mol. The number of ether oxygens (including phenoxy) is 1. The van der Waals surface area contributed by atoms with Crippen molar-refractivity contribution in [2.75, 3.05) is 7.11 Å². The smallest absolute Gasteiger partial charge is 0.126 e. The summed E-state index contributed by atoms with van der Waals surface area (Å²) in [5.74, 6) is 4.00. The Hall–Kier alpha value is -1.50. The fraction of sp³-hybridized carbons (Fsp3) is 0.524. The number of benzene rings is 2. The van der Waals surface area contributed by atoms with Crippen LogP contribution in [0.15, 0.2) is 36.4 Å². The summed E-state index contributed by atoms with van der Waals surface area (Å²) in [5, 5.41) is 2.72. The Morgan fingerprint density at radius 2 is 1.41 bits per heavy atom. The van der Waals surface area contributed by atoms with Crippen LogP contribution >= 0.6 is 0 Å². The molecule has 0 unspecified atom stereocenters. The Morgan fingerprint density at radius 3 is 2.00 bits per heavy atom. The summed E-state index contributed by atoms with van der Waals surface area (Å²) < 4.78 is 5.60. The maximum Gasteiger partial charge on any atom is 0.126 e. The lowest BCUT2D eigenvalue weighted by Gasteiger charge is -2.57. The van der Waals surface area contributed by atoms with Gasteiger partial charge in [-0.15, -0.1) is 0 Å². The molecule has 0 saturated heterocycles. The summed E-state index contributed by atoms with van der Waals surface area (Å²) in [5.41, 5.74) is 2.07. The van der Waals surface area contributed by atoms with Gasteiger partial charge in [0.25, 0.3) is 0 Å². The molecule has 4 saturated carbocycles. The zero-order valence-electron chi connectivity index (χ0n) is 13.3. The van der Waals surface area contributed by atoms with Crippen molar-refractivity contribution in [2.45, 2.75) is 43.9 Å². The molecule has 0 spiro atoms. The highest BCUT2D eigenvalue weighted by atomic mass is 16.5. The van der Waals surface area contributed by atoms with Crippen molar-refractivity contribution < 1.29 is 4.74 Å². The van der Waals surface area contributed by atoms with Crippen LogP contribution in [-0.4, -0.2) is 7.11 Å². The van der Waals surface area contributed by atoms with Gasteiger partial charge in [0, 0.05) is 5.39 Å². The molecule has 0 aliphatic heterocycles. The third-order valence-corrected chi connectivity index (χ3v) is 6.71. The predicted octanol–water partition coefficient (Wildman–Crippen LogP) is 5.32. The molecular weight excluding hydrogens is 268 g/mol. The topological polar surface area (TPSA) is 9.23 Å². The Kier molecular flexibility index (Phi) is 2.66. The molecule has 6 rings (SSSR count). The fourth-order valence-corrected chi connectivity index (χ4v) is 6.35. The van der Waals surface area contributed by atoms with Crippen LogP contribution in [0.5, 0.6) is 5.75 Å². The summed E-state index contributed by atoms with van der Waals surface area (Å²) in [6, 6.07) is 13.4. The Labute approximate surface area is 132 Å². The van der Waals surface area contributed by atoms with E-state index in [1.807, 2.05) is 0 Å². The van der Waals surface area contributed by atoms with Gasteiger partial charge < -0.3 is 4.74 Å². The van der Waals surface area contributed by atoms with E-state index in [0.29, 0.717) is 5.41 Å². The monoisotopic (exact) mass is 292 g/mol. The van der Waals surface area contributed by atoms with Crippen molar-refractivity contribution in [3.8, 4) is 5.75 Å². The normalized spacial score (nSPS) is 36.0. The molecule has 22 heavy (non-hydrogen) atoms. The minimum Gasteiger partial charge on any atom is -0.496 e. The van der Waals surface area contributed by atoms with Crippen molar-refractivity contribution >= 4 is 10.8 Å². The summed E-state index contributed by atoms with van der Waals surface area (Å²) >= 11 is 0. The van der Waals surface area contributed by atoms with E-state index in [9.17, 15) is 0 Å². The van der Waals surface area contributed by atoms with Gasteiger partial charge in [0.05, 0.1) is 7.11 Å². The lowest BCUT2D eigenvalue weighted by molar-refractivity contribution is -0.00450. The van der Waals surface area contributed by atoms with Crippen molar-refractivity contribution in [1.29, 1.82) is 0 Å². The predicted molar refractivity (Wildman–Crippen MR) is 90.4 cm³/mol. The highest BCUT2D eigenvalue weighted by molar-refractivity contribution is 5.92. The summed E-state index contributed by atoms with van der Waals surface area (Å²) in [6.45, 7) is 0. The van der Waals surface area contributed by atoms with Crippen LogP contribution in [-0.2, 0) is 5.41 Å². The molecule has 2 aromatic rings. The van der Waals surface area contributed by atoms with Crippen molar-refractivity contribution in [1.82, 2.24) is 0 Å². The van der Waals surface area contributed by atoms with Gasteiger partial charge in [-0.2, -0.15) is 0 Å². The lowest BCUT2D eigenvalue weighted by Crippen LogP contribution is -2.48. The second-order valence-electron chi connectivity index (χ2n) is 8.06. The zero-order chi connectivity index (χ0) is 14.7. The highest BCUT2D eigenvalue weighted by Crippen LogP contribution is 2.61. The largest absolute Gasteiger partial charge is 0.496 e. The van der Waals surface area contributed by atoms with Crippen molar-refractivity contribution in [2.24, 2.45) is 17.8 Å². The van der Waals surface area contributed by atoms with Crippen LogP contribution in [0, 0.1) is 17.8 Å². The number of hydrogen-bond donors (Lipinski definition) is 0. The molecule has 1 nitrogen and oxygen atoms in total. The van der Waals surface area contributed by atoms with E-state index in [-0.39, 0.29) is 0 Å². The number of methoxy groups -OCH3 is 1. The molecule has 0 amide bonds. The first-order chi connectivity index (χ1) is 10.8. The van der Waals surface area contributed by atoms with Crippen LogP contribution in [0.3, 0.4) is 0 Å². The van der Waals surface area contributed by atoms with E-state index in [1.54, 1.807) is 12.7 Å². The van der Waals surface area contributed by atoms with Gasteiger partial charge in [-0.3, -0.25) is 0 Å². The lowest BCUT2D eigenvalue weighted by atomic mass is 9.48. The maximum absolute atomic E-state index is 5.60. The van der Waals surface area contributed by atoms with E-state index in [2.05, 4.69) is 36.4 Å². The molecule has 0 heterocycles. The SMILES string of the molecule is COc1ccc(C23CC4CC(CC(C4)C2)C3)c2ccccc12. The summed E-state index contributed by atoms with van der Waals surface area (Å²) in [6.07, 6.45) is 8.80. The maximum atomic E-state index is 5.60. The van der Waals surface area contributed by atoms with Crippen LogP contribution in [0.2, 0.25) is 0 Å². The van der Waals surface area contributed by atoms with Crippen LogP contribution in [0.1, 0.15) is 44.1 Å². The average Bonchev–Trinajstić information content (AvgIpc) is 2.52. The molecule has 0 radical (unpaired) electrons. The minimum atomic E-state index is 0.459. The second kappa shape index (κ2) is 4.50. The molecule has 0 N–H and O–H groups in total. The number of fused-ring (bicyclic) bond motifs is 1. The molecule has 4 aliphatic rings. The summed E-state index contributed by atoms with van der Waals surface area (Å²) in [7, 11) is 1.78. The molecular formula is C21H24O. The van der Waals surface area contributed by atoms with Gasteiger partial charge in [0.2, 0.25) is 0 Å². The van der Waals surface area contributed by atoms with Gasteiger partial charge in [-0.25, -0.2) is 0 Å². The van der Waals surface area contributed by atoms with Gasteiger partial charge in [-0.05, 0) is 78.7 Å². The van der Waals surface area contributed by atoms with Gasteiger partial charge in [0.15, 0.2) is 0 Å². The van der Waals surface area contributed by atoms with Crippen LogP contribution in [0.25, 0.3) is 10.8 Å². The highest BCUT2D eigenvalue weighted by Gasteiger charge is 2.51. The molecule has 4 bridgehead atoms. The first-order valence-corrected chi connectivity index (χ1v) is 8.84. The minimum absolute atomic E-state index is 0.459. The van der Waals surface area contributed by atoms with E-state index in [4.69, 9.17) is 4.74 Å². The Balaban J connectivity index is 1.71. The zero-order valence-corrected chi connectivity index (χ0v) is 13.3. The van der Waals surface area contributed by atoms with Gasteiger partial charge >= 0.3 is 0 Å². The van der Waals surface area contributed by atoms with Crippen LogP contribution < -0.4 is 4.74 Å².